The SMILES string of the molecule is O=C(NCc1cccc(-c2ccccc2)c1)c1cccnc1SCCCc1ccc(F)cc1. The van der Waals surface area contributed by atoms with E-state index in [1.54, 1.807) is 24.0 Å². The van der Waals surface area contributed by atoms with Crippen molar-refractivity contribution in [2.45, 2.75) is 24.4 Å². The number of nitrogens with zero attached hydrogens (tertiary/aromatic N) is 1. The smallest absolute Gasteiger partial charge is 0.254 e. The van der Waals surface area contributed by atoms with Crippen LogP contribution < -0.4 is 5.32 Å². The van der Waals surface area contributed by atoms with Gasteiger partial charge in [-0.3, -0.25) is 4.79 Å². The molecule has 4 aromatic rings. The monoisotopic (exact) mass is 456 g/mol. The van der Waals surface area contributed by atoms with E-state index in [9.17, 15) is 9.18 Å². The number of benzene rings is 3. The molecule has 1 amide bonds. The number of amides is 1. The first kappa shape index (κ1) is 22.7. The quantitative estimate of drug-likeness (QED) is 0.230. The third-order valence-electron chi connectivity index (χ3n) is 5.26. The van der Waals surface area contributed by atoms with Crippen LogP contribution in [0.25, 0.3) is 11.1 Å². The van der Waals surface area contributed by atoms with Crippen molar-refractivity contribution < 1.29 is 9.18 Å². The summed E-state index contributed by atoms with van der Waals surface area (Å²) < 4.78 is 13.0. The highest BCUT2D eigenvalue weighted by molar-refractivity contribution is 7.99. The predicted octanol–water partition coefficient (Wildman–Crippen LogP) is 6.54. The summed E-state index contributed by atoms with van der Waals surface area (Å²) in [5.41, 5.74) is 5.01. The Labute approximate surface area is 198 Å². The number of nitrogens with one attached hydrogen (secondary N) is 1. The zero-order valence-electron chi connectivity index (χ0n) is 18.2. The molecule has 0 bridgehead atoms. The molecular formula is C28H25FN2OS. The van der Waals surface area contributed by atoms with Gasteiger partial charge in [0.05, 0.1) is 5.56 Å². The van der Waals surface area contributed by atoms with Gasteiger partial charge in [0, 0.05) is 12.7 Å². The summed E-state index contributed by atoms with van der Waals surface area (Å²) in [5, 5.41) is 3.76. The van der Waals surface area contributed by atoms with Crippen molar-refractivity contribution in [1.29, 1.82) is 0 Å². The first-order valence-electron chi connectivity index (χ1n) is 10.9. The van der Waals surface area contributed by atoms with E-state index in [1.807, 2.05) is 48.5 Å². The van der Waals surface area contributed by atoms with Crippen LogP contribution in [0.4, 0.5) is 4.39 Å². The number of thioether (sulfide) groups is 1. The Morgan fingerprint density at radius 2 is 1.64 bits per heavy atom. The van der Waals surface area contributed by atoms with E-state index < -0.39 is 0 Å². The molecule has 0 atom stereocenters. The minimum atomic E-state index is -0.218. The minimum Gasteiger partial charge on any atom is -0.348 e. The molecule has 1 heterocycles. The fraction of sp³-hybridized carbons (Fsp3) is 0.143. The lowest BCUT2D eigenvalue weighted by Crippen LogP contribution is -2.23. The van der Waals surface area contributed by atoms with Gasteiger partial charge in [-0.1, -0.05) is 60.7 Å². The first-order valence-corrected chi connectivity index (χ1v) is 11.9. The highest BCUT2D eigenvalue weighted by Gasteiger charge is 2.12. The van der Waals surface area contributed by atoms with Crippen LogP contribution in [0, 0.1) is 5.82 Å². The van der Waals surface area contributed by atoms with Crippen molar-refractivity contribution >= 4 is 17.7 Å². The average molecular weight is 457 g/mol. The zero-order valence-corrected chi connectivity index (χ0v) is 19.0. The van der Waals surface area contributed by atoms with Crippen LogP contribution in [0.1, 0.15) is 27.9 Å². The Balaban J connectivity index is 1.33. The van der Waals surface area contributed by atoms with Crippen LogP contribution in [0.15, 0.2) is 102 Å². The number of aryl methyl sites for hydroxylation is 1. The Hall–Kier alpha value is -3.44. The van der Waals surface area contributed by atoms with Gasteiger partial charge in [-0.2, -0.15) is 0 Å². The standard InChI is InChI=1S/C28H25FN2OS/c29-25-15-13-21(14-16-25)8-6-18-33-28-26(12-5-17-30-28)27(32)31-20-22-7-4-11-24(19-22)23-9-2-1-3-10-23/h1-5,7,9-17,19H,6,8,18,20H2,(H,31,32). The van der Waals surface area contributed by atoms with Crippen molar-refractivity contribution in [3.05, 3.63) is 120 Å². The third-order valence-corrected chi connectivity index (χ3v) is 6.36. The number of aromatic nitrogens is 1. The molecule has 3 nitrogen and oxygen atoms in total. The molecule has 0 aliphatic rings. The van der Waals surface area contributed by atoms with Crippen molar-refractivity contribution in [2.75, 3.05) is 5.75 Å². The summed E-state index contributed by atoms with van der Waals surface area (Å²) >= 11 is 1.57. The summed E-state index contributed by atoms with van der Waals surface area (Å²) in [4.78, 5) is 17.3. The van der Waals surface area contributed by atoms with Gasteiger partial charge in [0.25, 0.3) is 5.91 Å². The van der Waals surface area contributed by atoms with Gasteiger partial charge in [-0.05, 0) is 71.2 Å². The molecule has 0 radical (unpaired) electrons. The largest absolute Gasteiger partial charge is 0.348 e. The summed E-state index contributed by atoms with van der Waals surface area (Å²) in [5.74, 6) is 0.478. The third kappa shape index (κ3) is 6.53. The van der Waals surface area contributed by atoms with Crippen molar-refractivity contribution in [1.82, 2.24) is 10.3 Å². The first-order chi connectivity index (χ1) is 16.2. The van der Waals surface area contributed by atoms with E-state index in [1.165, 1.54) is 12.1 Å². The van der Waals surface area contributed by atoms with E-state index in [-0.39, 0.29) is 11.7 Å². The van der Waals surface area contributed by atoms with Gasteiger partial charge in [0.15, 0.2) is 0 Å². The number of halogens is 1. The number of carbonyl (C=O) groups is 1. The normalized spacial score (nSPS) is 10.7. The topological polar surface area (TPSA) is 42.0 Å². The van der Waals surface area contributed by atoms with Crippen LogP contribution in [0.5, 0.6) is 0 Å². The highest BCUT2D eigenvalue weighted by atomic mass is 32.2. The molecule has 166 valence electrons. The molecule has 0 aliphatic heterocycles. The molecular weight excluding hydrogens is 431 g/mol. The van der Waals surface area contributed by atoms with Gasteiger partial charge in [-0.25, -0.2) is 9.37 Å². The molecule has 0 fully saturated rings. The lowest BCUT2D eigenvalue weighted by atomic mass is 10.0. The van der Waals surface area contributed by atoms with E-state index in [4.69, 9.17) is 0 Å². The van der Waals surface area contributed by atoms with Gasteiger partial charge in [0.2, 0.25) is 0 Å². The molecule has 0 saturated heterocycles. The predicted molar refractivity (Wildman–Crippen MR) is 133 cm³/mol. The number of hydrogen-bond donors (Lipinski definition) is 1. The molecule has 0 saturated carbocycles. The van der Waals surface area contributed by atoms with Gasteiger partial charge in [-0.15, -0.1) is 11.8 Å². The molecule has 0 unspecified atom stereocenters. The highest BCUT2D eigenvalue weighted by Crippen LogP contribution is 2.23. The van der Waals surface area contributed by atoms with E-state index in [0.29, 0.717) is 12.1 Å². The maximum Gasteiger partial charge on any atom is 0.254 e. The molecule has 1 N–H and O–H groups in total. The summed E-state index contributed by atoms with van der Waals surface area (Å²) in [7, 11) is 0. The lowest BCUT2D eigenvalue weighted by molar-refractivity contribution is 0.0947. The lowest BCUT2D eigenvalue weighted by Gasteiger charge is -2.10. The maximum atomic E-state index is 13.0. The Kier molecular flexibility index (Phi) is 7.88. The second-order valence-electron chi connectivity index (χ2n) is 7.68. The average Bonchev–Trinajstić information content (AvgIpc) is 2.87. The van der Waals surface area contributed by atoms with Crippen LogP contribution in [-0.2, 0) is 13.0 Å². The zero-order chi connectivity index (χ0) is 22.9. The van der Waals surface area contributed by atoms with Crippen molar-refractivity contribution in [3.63, 3.8) is 0 Å². The second-order valence-corrected chi connectivity index (χ2v) is 8.77. The van der Waals surface area contributed by atoms with Gasteiger partial charge < -0.3 is 5.32 Å². The Morgan fingerprint density at radius 3 is 2.45 bits per heavy atom. The fourth-order valence-electron chi connectivity index (χ4n) is 3.54. The van der Waals surface area contributed by atoms with Crippen LogP contribution in [0.2, 0.25) is 0 Å². The molecule has 4 rings (SSSR count). The second kappa shape index (κ2) is 11.4. The molecule has 1 aromatic heterocycles. The molecule has 5 heteroatoms. The molecule has 0 aliphatic carbocycles. The summed E-state index contributed by atoms with van der Waals surface area (Å²) in [6.45, 7) is 0.447. The number of carbonyl (C=O) groups excluding carboxylic acids is 1. The summed E-state index contributed by atoms with van der Waals surface area (Å²) in [6, 6.07) is 28.6. The molecule has 3 aromatic carbocycles. The van der Waals surface area contributed by atoms with E-state index in [0.717, 1.165) is 45.9 Å². The minimum absolute atomic E-state index is 0.130. The molecule has 33 heavy (non-hydrogen) atoms. The molecule has 0 spiro atoms. The van der Waals surface area contributed by atoms with E-state index in [2.05, 4.69) is 34.6 Å². The van der Waals surface area contributed by atoms with Crippen LogP contribution >= 0.6 is 11.8 Å². The van der Waals surface area contributed by atoms with Gasteiger partial charge >= 0.3 is 0 Å². The van der Waals surface area contributed by atoms with Gasteiger partial charge in [0.1, 0.15) is 10.8 Å². The summed E-state index contributed by atoms with van der Waals surface area (Å²) in [6.07, 6.45) is 3.49. The Bertz CT molecular complexity index is 1200. The maximum absolute atomic E-state index is 13.0. The van der Waals surface area contributed by atoms with Crippen molar-refractivity contribution in [2.24, 2.45) is 0 Å². The number of pyridine rings is 1. The fourth-order valence-corrected chi connectivity index (χ4v) is 4.48. The number of rotatable bonds is 9. The Morgan fingerprint density at radius 1 is 0.848 bits per heavy atom. The van der Waals surface area contributed by atoms with Crippen LogP contribution in [-0.4, -0.2) is 16.6 Å². The number of hydrogen-bond acceptors (Lipinski definition) is 3. The van der Waals surface area contributed by atoms with Crippen LogP contribution in [0.3, 0.4) is 0 Å². The van der Waals surface area contributed by atoms with Crippen molar-refractivity contribution in [3.8, 4) is 11.1 Å². The van der Waals surface area contributed by atoms with E-state index >= 15 is 0 Å².